The van der Waals surface area contributed by atoms with Gasteiger partial charge in [-0.25, -0.2) is 23.2 Å². The van der Waals surface area contributed by atoms with Crippen molar-refractivity contribution >= 4 is 21.8 Å². The fraction of sp³-hybridized carbons (Fsp3) is 0.320. The second-order valence-electron chi connectivity index (χ2n) is 8.15. The van der Waals surface area contributed by atoms with Crippen LogP contribution in [0.5, 0.6) is 0 Å². The highest BCUT2D eigenvalue weighted by atomic mass is 32.2. The molecule has 0 amide bonds. The molecule has 1 aliphatic heterocycles. The van der Waals surface area contributed by atoms with E-state index < -0.39 is 16.0 Å². The molecule has 0 aliphatic carbocycles. The summed E-state index contributed by atoms with van der Waals surface area (Å²) in [5, 5.41) is 3.20. The number of rotatable bonds is 8. The normalized spacial score (nSPS) is 14.2. The molecule has 3 aromatic rings. The second-order valence-corrected chi connectivity index (χ2v) is 10.1. The third-order valence-corrected chi connectivity index (χ3v) is 7.56. The van der Waals surface area contributed by atoms with Crippen LogP contribution in [0, 0.1) is 6.92 Å². The molecule has 1 saturated heterocycles. The van der Waals surface area contributed by atoms with E-state index in [0.29, 0.717) is 31.3 Å². The zero-order chi connectivity index (χ0) is 24.1. The van der Waals surface area contributed by atoms with E-state index in [0.717, 1.165) is 29.5 Å². The fourth-order valence-electron chi connectivity index (χ4n) is 3.84. The molecule has 1 N–H and O–H groups in total. The smallest absolute Gasteiger partial charge is 0.343 e. The maximum atomic E-state index is 12.7. The van der Waals surface area contributed by atoms with Gasteiger partial charge in [-0.3, -0.25) is 0 Å². The van der Waals surface area contributed by atoms with Crippen LogP contribution in [0.15, 0.2) is 59.6 Å². The van der Waals surface area contributed by atoms with Gasteiger partial charge in [0.05, 0.1) is 11.5 Å². The van der Waals surface area contributed by atoms with Gasteiger partial charge in [-0.15, -0.1) is 0 Å². The quantitative estimate of drug-likeness (QED) is 0.486. The SMILES string of the molecule is CCOC(=O)c1cnc(-c2cccc(C)c2)nc1NCc1ccc(S(=O)(=O)N2CCCC2)cc1. The van der Waals surface area contributed by atoms with Crippen LogP contribution in [0.25, 0.3) is 11.4 Å². The van der Waals surface area contributed by atoms with E-state index in [1.165, 1.54) is 10.5 Å². The lowest BCUT2D eigenvalue weighted by atomic mass is 10.1. The molecule has 4 rings (SSSR count). The van der Waals surface area contributed by atoms with Crippen molar-refractivity contribution in [1.82, 2.24) is 14.3 Å². The van der Waals surface area contributed by atoms with Crippen LogP contribution in [-0.2, 0) is 21.3 Å². The monoisotopic (exact) mass is 480 g/mol. The van der Waals surface area contributed by atoms with Gasteiger partial charge in [0.1, 0.15) is 11.4 Å². The van der Waals surface area contributed by atoms with Crippen LogP contribution < -0.4 is 5.32 Å². The number of hydrogen-bond donors (Lipinski definition) is 1. The minimum atomic E-state index is -3.46. The molecule has 34 heavy (non-hydrogen) atoms. The Hall–Kier alpha value is -3.30. The molecule has 2 heterocycles. The Bertz CT molecular complexity index is 1270. The summed E-state index contributed by atoms with van der Waals surface area (Å²) in [6, 6.07) is 14.6. The van der Waals surface area contributed by atoms with E-state index in [-0.39, 0.29) is 17.1 Å². The van der Waals surface area contributed by atoms with Crippen LogP contribution in [-0.4, -0.2) is 48.4 Å². The van der Waals surface area contributed by atoms with Gasteiger partial charge in [-0.05, 0) is 50.5 Å². The molecule has 0 radical (unpaired) electrons. The number of aryl methyl sites for hydroxylation is 1. The average Bonchev–Trinajstić information content (AvgIpc) is 3.39. The molecule has 9 heteroatoms. The van der Waals surface area contributed by atoms with Crippen LogP contribution in [0.4, 0.5) is 5.82 Å². The molecule has 178 valence electrons. The van der Waals surface area contributed by atoms with Gasteiger partial charge in [-0.1, -0.05) is 35.9 Å². The number of hydrogen-bond acceptors (Lipinski definition) is 7. The summed E-state index contributed by atoms with van der Waals surface area (Å²) in [6.07, 6.45) is 3.26. The lowest BCUT2D eigenvalue weighted by Crippen LogP contribution is -2.27. The first-order valence-corrected chi connectivity index (χ1v) is 12.8. The number of benzene rings is 2. The lowest BCUT2D eigenvalue weighted by Gasteiger charge is -2.16. The van der Waals surface area contributed by atoms with Crippen LogP contribution in [0.2, 0.25) is 0 Å². The third kappa shape index (κ3) is 5.26. The maximum absolute atomic E-state index is 12.7. The fourth-order valence-corrected chi connectivity index (χ4v) is 5.36. The number of ether oxygens (including phenoxy) is 1. The van der Waals surface area contributed by atoms with Gasteiger partial charge in [0.25, 0.3) is 0 Å². The highest BCUT2D eigenvalue weighted by Crippen LogP contribution is 2.23. The Morgan fingerprint density at radius 3 is 2.53 bits per heavy atom. The van der Waals surface area contributed by atoms with Crippen molar-refractivity contribution in [2.75, 3.05) is 25.0 Å². The lowest BCUT2D eigenvalue weighted by molar-refractivity contribution is 0.0526. The van der Waals surface area contributed by atoms with Crippen molar-refractivity contribution in [1.29, 1.82) is 0 Å². The van der Waals surface area contributed by atoms with Gasteiger partial charge in [0, 0.05) is 31.4 Å². The van der Waals surface area contributed by atoms with E-state index in [2.05, 4.69) is 15.3 Å². The van der Waals surface area contributed by atoms with E-state index in [1.807, 2.05) is 31.2 Å². The molecular weight excluding hydrogens is 452 g/mol. The average molecular weight is 481 g/mol. The van der Waals surface area contributed by atoms with Gasteiger partial charge < -0.3 is 10.1 Å². The molecule has 1 aliphatic rings. The van der Waals surface area contributed by atoms with E-state index in [4.69, 9.17) is 4.74 Å². The molecule has 0 atom stereocenters. The molecule has 0 saturated carbocycles. The highest BCUT2D eigenvalue weighted by Gasteiger charge is 2.27. The van der Waals surface area contributed by atoms with Crippen molar-refractivity contribution < 1.29 is 17.9 Å². The molecule has 8 nitrogen and oxygen atoms in total. The summed E-state index contributed by atoms with van der Waals surface area (Å²) >= 11 is 0. The first-order valence-electron chi connectivity index (χ1n) is 11.3. The van der Waals surface area contributed by atoms with Gasteiger partial charge >= 0.3 is 5.97 Å². The summed E-state index contributed by atoms with van der Waals surface area (Å²) in [7, 11) is -3.46. The molecule has 2 aromatic carbocycles. The Kier molecular flexibility index (Phi) is 7.23. The third-order valence-electron chi connectivity index (χ3n) is 5.65. The highest BCUT2D eigenvalue weighted by molar-refractivity contribution is 7.89. The minimum absolute atomic E-state index is 0.241. The van der Waals surface area contributed by atoms with Gasteiger partial charge in [0.15, 0.2) is 5.82 Å². The van der Waals surface area contributed by atoms with Crippen molar-refractivity contribution in [3.8, 4) is 11.4 Å². The standard InChI is InChI=1S/C25H28N4O4S/c1-3-33-25(30)22-17-27-23(20-8-6-7-18(2)15-20)28-24(22)26-16-19-9-11-21(12-10-19)34(31,32)29-13-4-5-14-29/h6-12,15,17H,3-5,13-14,16H2,1-2H3,(H,26,27,28). The zero-order valence-electron chi connectivity index (χ0n) is 19.3. The first kappa shape index (κ1) is 23.8. The number of anilines is 1. The summed E-state index contributed by atoms with van der Waals surface area (Å²) in [5.74, 6) is 0.345. The van der Waals surface area contributed by atoms with Crippen LogP contribution in [0.3, 0.4) is 0 Å². The van der Waals surface area contributed by atoms with Crippen LogP contribution in [0.1, 0.15) is 41.3 Å². The van der Waals surface area contributed by atoms with Crippen LogP contribution >= 0.6 is 0 Å². The topological polar surface area (TPSA) is 101 Å². The number of carbonyl (C=O) groups is 1. The minimum Gasteiger partial charge on any atom is -0.462 e. The first-order chi connectivity index (χ1) is 16.4. The largest absolute Gasteiger partial charge is 0.462 e. The van der Waals surface area contributed by atoms with E-state index in [9.17, 15) is 13.2 Å². The Labute approximate surface area is 200 Å². The van der Waals surface area contributed by atoms with E-state index >= 15 is 0 Å². The Morgan fingerprint density at radius 1 is 1.12 bits per heavy atom. The number of sulfonamides is 1. The molecule has 1 aromatic heterocycles. The molecule has 0 spiro atoms. The number of nitrogens with one attached hydrogen (secondary N) is 1. The second kappa shape index (κ2) is 10.3. The molecular formula is C25H28N4O4S. The van der Waals surface area contributed by atoms with E-state index in [1.54, 1.807) is 31.2 Å². The predicted molar refractivity (Wildman–Crippen MR) is 130 cm³/mol. The Morgan fingerprint density at radius 2 is 1.85 bits per heavy atom. The maximum Gasteiger partial charge on any atom is 0.343 e. The predicted octanol–water partition coefficient (Wildman–Crippen LogP) is 4.03. The zero-order valence-corrected chi connectivity index (χ0v) is 20.1. The molecule has 1 fully saturated rings. The van der Waals surface area contributed by atoms with Crippen molar-refractivity contribution in [2.24, 2.45) is 0 Å². The molecule has 0 bridgehead atoms. The number of aromatic nitrogens is 2. The van der Waals surface area contributed by atoms with Crippen molar-refractivity contribution in [3.63, 3.8) is 0 Å². The van der Waals surface area contributed by atoms with Gasteiger partial charge in [0.2, 0.25) is 10.0 Å². The number of carbonyl (C=O) groups excluding carboxylic acids is 1. The van der Waals surface area contributed by atoms with Gasteiger partial charge in [-0.2, -0.15) is 4.31 Å². The van der Waals surface area contributed by atoms with Crippen molar-refractivity contribution in [2.45, 2.75) is 38.1 Å². The Balaban J connectivity index is 1.56. The number of nitrogens with zero attached hydrogens (tertiary/aromatic N) is 3. The summed E-state index contributed by atoms with van der Waals surface area (Å²) in [4.78, 5) is 21.7. The summed E-state index contributed by atoms with van der Waals surface area (Å²) in [6.45, 7) is 5.46. The van der Waals surface area contributed by atoms with Crippen molar-refractivity contribution in [3.05, 3.63) is 71.4 Å². The summed E-state index contributed by atoms with van der Waals surface area (Å²) < 4.78 is 32.2. The number of esters is 1. The summed E-state index contributed by atoms with van der Waals surface area (Å²) in [5.41, 5.74) is 3.02. The molecule has 0 unspecified atom stereocenters.